The van der Waals surface area contributed by atoms with Gasteiger partial charge in [0.05, 0.1) is 0 Å². The maximum absolute atomic E-state index is 12.5. The summed E-state index contributed by atoms with van der Waals surface area (Å²) in [5.74, 6) is 1.84. The van der Waals surface area contributed by atoms with Crippen LogP contribution in [0.25, 0.3) is 0 Å². The van der Waals surface area contributed by atoms with E-state index < -0.39 is 0 Å². The molecule has 0 saturated heterocycles. The molecule has 7 heteroatoms. The Balaban J connectivity index is 1.40. The molecule has 154 valence electrons. The fraction of sp³-hybridized carbons (Fsp3) is 0.0833. The first kappa shape index (κ1) is 20.0. The maximum atomic E-state index is 12.5. The Morgan fingerprint density at radius 3 is 2.16 bits per heavy atom. The first-order chi connectivity index (χ1) is 15.1. The van der Waals surface area contributed by atoms with Crippen molar-refractivity contribution in [3.8, 4) is 0 Å². The number of pyridine rings is 1. The van der Waals surface area contributed by atoms with E-state index in [1.165, 1.54) is 6.33 Å². The van der Waals surface area contributed by atoms with Crippen molar-refractivity contribution < 1.29 is 4.79 Å². The molecule has 0 aliphatic rings. The van der Waals surface area contributed by atoms with Gasteiger partial charge in [-0.25, -0.2) is 15.0 Å². The van der Waals surface area contributed by atoms with Gasteiger partial charge in [0.1, 0.15) is 23.8 Å². The minimum atomic E-state index is -0.134. The van der Waals surface area contributed by atoms with E-state index in [-0.39, 0.29) is 5.91 Å². The summed E-state index contributed by atoms with van der Waals surface area (Å²) in [6, 6.07) is 20.5. The number of carbonyl (C=O) groups is 1. The largest absolute Gasteiger partial charge is 0.340 e. The quantitative estimate of drug-likeness (QED) is 0.403. The fourth-order valence-corrected chi connectivity index (χ4v) is 2.93. The second-order valence-corrected chi connectivity index (χ2v) is 7.08. The number of hydrogen-bond acceptors (Lipinski definition) is 6. The summed E-state index contributed by atoms with van der Waals surface area (Å²) in [5.41, 5.74) is 4.45. The zero-order valence-electron chi connectivity index (χ0n) is 17.3. The van der Waals surface area contributed by atoms with Crippen LogP contribution in [0.1, 0.15) is 21.5 Å². The molecule has 0 fully saturated rings. The number of nitrogens with one attached hydrogen (secondary N) is 3. The van der Waals surface area contributed by atoms with Crippen molar-refractivity contribution in [2.45, 2.75) is 13.8 Å². The Hall–Kier alpha value is -4.26. The highest BCUT2D eigenvalue weighted by atomic mass is 16.1. The number of nitrogens with zero attached hydrogens (tertiary/aromatic N) is 3. The Labute approximate surface area is 180 Å². The summed E-state index contributed by atoms with van der Waals surface area (Å²) >= 11 is 0. The summed E-state index contributed by atoms with van der Waals surface area (Å²) in [6.45, 7) is 4.02. The van der Waals surface area contributed by atoms with Crippen molar-refractivity contribution in [2.24, 2.45) is 0 Å². The van der Waals surface area contributed by atoms with Crippen LogP contribution in [0.4, 0.5) is 28.8 Å². The van der Waals surface area contributed by atoms with Crippen molar-refractivity contribution in [3.05, 3.63) is 95.9 Å². The van der Waals surface area contributed by atoms with Crippen LogP contribution in [-0.4, -0.2) is 20.9 Å². The van der Waals surface area contributed by atoms with Gasteiger partial charge in [-0.1, -0.05) is 12.1 Å². The first-order valence-corrected chi connectivity index (χ1v) is 9.82. The fourth-order valence-electron chi connectivity index (χ4n) is 2.93. The first-order valence-electron chi connectivity index (χ1n) is 9.82. The summed E-state index contributed by atoms with van der Waals surface area (Å²) < 4.78 is 0. The lowest BCUT2D eigenvalue weighted by Crippen LogP contribution is -2.12. The second-order valence-electron chi connectivity index (χ2n) is 7.08. The number of anilines is 5. The van der Waals surface area contributed by atoms with Gasteiger partial charge in [0, 0.05) is 29.2 Å². The Morgan fingerprint density at radius 1 is 0.710 bits per heavy atom. The number of rotatable bonds is 6. The molecule has 4 aromatic rings. The molecule has 4 rings (SSSR count). The maximum Gasteiger partial charge on any atom is 0.255 e. The van der Waals surface area contributed by atoms with E-state index in [4.69, 9.17) is 0 Å². The van der Waals surface area contributed by atoms with E-state index in [0.717, 1.165) is 16.8 Å². The molecule has 0 saturated carbocycles. The predicted molar refractivity (Wildman–Crippen MR) is 123 cm³/mol. The van der Waals surface area contributed by atoms with Gasteiger partial charge in [0.25, 0.3) is 5.91 Å². The highest BCUT2D eigenvalue weighted by Crippen LogP contribution is 2.20. The van der Waals surface area contributed by atoms with Gasteiger partial charge in [-0.2, -0.15) is 0 Å². The molecule has 0 unspecified atom stereocenters. The van der Waals surface area contributed by atoms with E-state index >= 15 is 0 Å². The highest BCUT2D eigenvalue weighted by Gasteiger charge is 2.07. The zero-order valence-corrected chi connectivity index (χ0v) is 17.3. The van der Waals surface area contributed by atoms with Gasteiger partial charge >= 0.3 is 0 Å². The molecule has 7 nitrogen and oxygen atoms in total. The molecule has 0 atom stereocenters. The molecule has 0 aliphatic heterocycles. The average molecular weight is 410 g/mol. The third kappa shape index (κ3) is 5.22. The third-order valence-corrected chi connectivity index (χ3v) is 4.77. The number of carbonyl (C=O) groups excluding carboxylic acids is 1. The van der Waals surface area contributed by atoms with Crippen LogP contribution < -0.4 is 16.0 Å². The van der Waals surface area contributed by atoms with Crippen LogP contribution in [0.15, 0.2) is 79.3 Å². The van der Waals surface area contributed by atoms with E-state index in [0.29, 0.717) is 28.7 Å². The van der Waals surface area contributed by atoms with Gasteiger partial charge < -0.3 is 16.0 Å². The molecule has 2 heterocycles. The van der Waals surface area contributed by atoms with Crippen LogP contribution in [0.3, 0.4) is 0 Å². The molecule has 0 aliphatic carbocycles. The second kappa shape index (κ2) is 9.04. The van der Waals surface area contributed by atoms with Gasteiger partial charge in [-0.3, -0.25) is 4.79 Å². The third-order valence-electron chi connectivity index (χ3n) is 4.77. The Bertz CT molecular complexity index is 1190. The van der Waals surface area contributed by atoms with Crippen molar-refractivity contribution in [2.75, 3.05) is 16.0 Å². The number of aryl methyl sites for hydroxylation is 2. The van der Waals surface area contributed by atoms with Gasteiger partial charge in [0.15, 0.2) is 0 Å². The van der Waals surface area contributed by atoms with Crippen LogP contribution >= 0.6 is 0 Å². The summed E-state index contributed by atoms with van der Waals surface area (Å²) in [7, 11) is 0. The lowest BCUT2D eigenvalue weighted by molar-refractivity contribution is 0.102. The van der Waals surface area contributed by atoms with Crippen LogP contribution in [0.5, 0.6) is 0 Å². The SMILES string of the molecule is Cc1ccc(C(=O)Nc2ccc(Nc3cc(Nc4ccccn4)ncn3)cc2)cc1C. The number of hydrogen-bond donors (Lipinski definition) is 3. The molecule has 3 N–H and O–H groups in total. The van der Waals surface area contributed by atoms with Crippen molar-refractivity contribution in [3.63, 3.8) is 0 Å². The number of amides is 1. The minimum absolute atomic E-state index is 0.134. The molecular formula is C24H22N6O. The van der Waals surface area contributed by atoms with Crippen molar-refractivity contribution in [1.82, 2.24) is 15.0 Å². The summed E-state index contributed by atoms with van der Waals surface area (Å²) in [4.78, 5) is 25.2. The van der Waals surface area contributed by atoms with Crippen molar-refractivity contribution >= 4 is 34.7 Å². The number of benzene rings is 2. The van der Waals surface area contributed by atoms with Crippen molar-refractivity contribution in [1.29, 1.82) is 0 Å². The molecule has 0 radical (unpaired) electrons. The highest BCUT2D eigenvalue weighted by molar-refractivity contribution is 6.04. The zero-order chi connectivity index (χ0) is 21.6. The van der Waals surface area contributed by atoms with Crippen LogP contribution in [-0.2, 0) is 0 Å². The van der Waals surface area contributed by atoms with Crippen LogP contribution in [0.2, 0.25) is 0 Å². The Morgan fingerprint density at radius 2 is 1.45 bits per heavy atom. The normalized spacial score (nSPS) is 10.4. The molecule has 31 heavy (non-hydrogen) atoms. The Kier molecular flexibility index (Phi) is 5.84. The smallest absolute Gasteiger partial charge is 0.255 e. The molecule has 1 amide bonds. The lowest BCUT2D eigenvalue weighted by atomic mass is 10.1. The standard InChI is InChI=1S/C24H22N6O/c1-16-6-7-18(13-17(16)2)24(31)29-20-10-8-19(9-11-20)28-22-14-23(27-15-26-22)30-21-5-3-4-12-25-21/h3-15H,1-2H3,(H,29,31)(H2,25,26,27,28,30). The molecule has 0 bridgehead atoms. The molecule has 2 aromatic carbocycles. The molecule has 0 spiro atoms. The summed E-state index contributed by atoms with van der Waals surface area (Å²) in [5, 5.41) is 9.29. The van der Waals surface area contributed by atoms with Crippen LogP contribution in [0, 0.1) is 13.8 Å². The van der Waals surface area contributed by atoms with E-state index in [1.807, 2.05) is 74.5 Å². The van der Waals surface area contributed by atoms with E-state index in [2.05, 4.69) is 30.9 Å². The monoisotopic (exact) mass is 410 g/mol. The minimum Gasteiger partial charge on any atom is -0.340 e. The predicted octanol–water partition coefficient (Wildman–Crippen LogP) is 5.23. The van der Waals surface area contributed by atoms with Gasteiger partial charge in [-0.15, -0.1) is 0 Å². The summed E-state index contributed by atoms with van der Waals surface area (Å²) in [6.07, 6.45) is 3.19. The topological polar surface area (TPSA) is 91.8 Å². The molecular weight excluding hydrogens is 388 g/mol. The van der Waals surface area contributed by atoms with Gasteiger partial charge in [-0.05, 0) is 73.5 Å². The van der Waals surface area contributed by atoms with E-state index in [9.17, 15) is 4.79 Å². The lowest BCUT2D eigenvalue weighted by Gasteiger charge is -2.10. The number of aromatic nitrogens is 3. The average Bonchev–Trinajstić information content (AvgIpc) is 2.78. The van der Waals surface area contributed by atoms with E-state index in [1.54, 1.807) is 12.3 Å². The van der Waals surface area contributed by atoms with Gasteiger partial charge in [0.2, 0.25) is 0 Å². The molecule has 2 aromatic heterocycles.